The Hall–Kier alpha value is -3.85. The number of hydrogen-bond donors (Lipinski definition) is 0. The van der Waals surface area contributed by atoms with Crippen molar-refractivity contribution in [3.63, 3.8) is 0 Å². The summed E-state index contributed by atoms with van der Waals surface area (Å²) in [5, 5.41) is 0. The summed E-state index contributed by atoms with van der Waals surface area (Å²) >= 11 is 1.31. The molecule has 2 aromatic carbocycles. The van der Waals surface area contributed by atoms with Gasteiger partial charge in [0.15, 0.2) is 4.80 Å². The molecule has 0 radical (unpaired) electrons. The van der Waals surface area contributed by atoms with Crippen molar-refractivity contribution >= 4 is 29.1 Å². The Balaban J connectivity index is 2.01. The molecule has 8 nitrogen and oxygen atoms in total. The molecule has 0 N–H and O–H groups in total. The van der Waals surface area contributed by atoms with Gasteiger partial charge in [0.05, 0.1) is 36.6 Å². The van der Waals surface area contributed by atoms with Crippen LogP contribution in [-0.4, -0.2) is 45.5 Å². The van der Waals surface area contributed by atoms with E-state index in [1.165, 1.54) is 11.3 Å². The van der Waals surface area contributed by atoms with Crippen LogP contribution in [0.5, 0.6) is 11.5 Å². The van der Waals surface area contributed by atoms with Gasteiger partial charge in [0.1, 0.15) is 17.5 Å². The van der Waals surface area contributed by atoms with Crippen molar-refractivity contribution in [2.45, 2.75) is 32.7 Å². The molecule has 2 heterocycles. The monoisotopic (exact) mass is 535 g/mol. The summed E-state index contributed by atoms with van der Waals surface area (Å²) in [5.41, 5.74) is 3.31. The highest BCUT2D eigenvalue weighted by molar-refractivity contribution is 7.07. The lowest BCUT2D eigenvalue weighted by Crippen LogP contribution is -2.40. The first-order valence-corrected chi connectivity index (χ1v) is 13.4. The third-order valence-electron chi connectivity index (χ3n) is 6.33. The SMILES string of the molecule is CCCC1=C(C(=O)OCC)C(c2cc(OC)ccc2OC)n2c(s/c(=C\c3ccc(N(C)C)cc3)c2=O)=N1. The third-order valence-corrected chi connectivity index (χ3v) is 7.31. The Labute approximate surface area is 226 Å². The van der Waals surface area contributed by atoms with E-state index in [2.05, 4.69) is 0 Å². The molecular formula is C29H33N3O5S. The summed E-state index contributed by atoms with van der Waals surface area (Å²) in [6.07, 6.45) is 3.20. The summed E-state index contributed by atoms with van der Waals surface area (Å²) in [7, 11) is 7.10. The molecule has 0 bridgehead atoms. The fourth-order valence-electron chi connectivity index (χ4n) is 4.49. The van der Waals surface area contributed by atoms with E-state index >= 15 is 0 Å². The zero-order valence-electron chi connectivity index (χ0n) is 22.6. The van der Waals surface area contributed by atoms with Crippen LogP contribution in [0.2, 0.25) is 0 Å². The fourth-order valence-corrected chi connectivity index (χ4v) is 5.51. The van der Waals surface area contributed by atoms with Crippen LogP contribution >= 0.6 is 11.3 Å². The lowest BCUT2D eigenvalue weighted by atomic mass is 9.93. The van der Waals surface area contributed by atoms with E-state index in [9.17, 15) is 9.59 Å². The molecule has 1 aromatic heterocycles. The van der Waals surface area contributed by atoms with Crippen LogP contribution in [0.1, 0.15) is 43.9 Å². The van der Waals surface area contributed by atoms with Crippen LogP contribution < -0.4 is 29.3 Å². The Morgan fingerprint density at radius 3 is 2.45 bits per heavy atom. The van der Waals surface area contributed by atoms with Gasteiger partial charge in [-0.15, -0.1) is 0 Å². The second kappa shape index (κ2) is 11.7. The summed E-state index contributed by atoms with van der Waals surface area (Å²) < 4.78 is 18.7. The second-order valence-corrected chi connectivity index (χ2v) is 10.0. The molecule has 1 atom stereocenters. The van der Waals surface area contributed by atoms with Crippen molar-refractivity contribution < 1.29 is 19.0 Å². The van der Waals surface area contributed by atoms with E-state index in [1.54, 1.807) is 43.9 Å². The zero-order valence-corrected chi connectivity index (χ0v) is 23.4. The molecule has 0 spiro atoms. The molecular weight excluding hydrogens is 502 g/mol. The van der Waals surface area contributed by atoms with Crippen LogP contribution in [0.15, 0.2) is 63.5 Å². The summed E-state index contributed by atoms with van der Waals surface area (Å²) in [6.45, 7) is 3.99. The van der Waals surface area contributed by atoms with Crippen LogP contribution in [0.3, 0.4) is 0 Å². The summed E-state index contributed by atoms with van der Waals surface area (Å²) in [6, 6.07) is 12.5. The molecule has 0 aliphatic carbocycles. The standard InChI is InChI=1S/C29H33N3O5S/c1-7-9-22-25(28(34)37-8-2)26(21-17-20(35-5)14-15-23(21)36-6)32-27(33)24(38-29(32)30-22)16-18-10-12-19(13-11-18)31(3)4/h10-17,26H,7-9H2,1-6H3/b24-16-. The van der Waals surface area contributed by atoms with E-state index in [-0.39, 0.29) is 12.2 Å². The largest absolute Gasteiger partial charge is 0.497 e. The number of hydrogen-bond acceptors (Lipinski definition) is 8. The molecule has 0 saturated carbocycles. The average molecular weight is 536 g/mol. The van der Waals surface area contributed by atoms with Crippen LogP contribution in [-0.2, 0) is 9.53 Å². The van der Waals surface area contributed by atoms with Crippen molar-refractivity contribution in [1.82, 2.24) is 4.57 Å². The molecule has 0 saturated heterocycles. The van der Waals surface area contributed by atoms with Gasteiger partial charge in [0.2, 0.25) is 0 Å². The van der Waals surface area contributed by atoms with Crippen LogP contribution in [0, 0.1) is 0 Å². The molecule has 1 aliphatic rings. The maximum absolute atomic E-state index is 13.9. The van der Waals surface area contributed by atoms with Gasteiger partial charge < -0.3 is 19.1 Å². The highest BCUT2D eigenvalue weighted by Crippen LogP contribution is 2.38. The van der Waals surface area contributed by atoms with Crippen LogP contribution in [0.4, 0.5) is 5.69 Å². The topological polar surface area (TPSA) is 82.4 Å². The summed E-state index contributed by atoms with van der Waals surface area (Å²) in [4.78, 5) is 34.7. The Kier molecular flexibility index (Phi) is 8.36. The fraction of sp³-hybridized carbons (Fsp3) is 0.345. The van der Waals surface area contributed by atoms with Crippen molar-refractivity contribution in [1.29, 1.82) is 0 Å². The normalized spacial score (nSPS) is 15.1. The van der Waals surface area contributed by atoms with Gasteiger partial charge in [0, 0.05) is 25.3 Å². The van der Waals surface area contributed by atoms with Gasteiger partial charge >= 0.3 is 5.97 Å². The molecule has 1 aliphatic heterocycles. The van der Waals surface area contributed by atoms with Gasteiger partial charge in [-0.2, -0.15) is 0 Å². The number of methoxy groups -OCH3 is 2. The quantitative estimate of drug-likeness (QED) is 0.389. The number of rotatable bonds is 9. The first kappa shape index (κ1) is 27.2. The molecule has 1 unspecified atom stereocenters. The number of fused-ring (bicyclic) bond motifs is 1. The Morgan fingerprint density at radius 1 is 1.11 bits per heavy atom. The first-order valence-electron chi connectivity index (χ1n) is 12.5. The molecule has 200 valence electrons. The minimum atomic E-state index is -0.782. The lowest BCUT2D eigenvalue weighted by Gasteiger charge is -2.27. The number of allylic oxidation sites excluding steroid dienone is 1. The van der Waals surface area contributed by atoms with Crippen molar-refractivity contribution in [3.8, 4) is 11.5 Å². The van der Waals surface area contributed by atoms with E-state index in [0.717, 1.165) is 17.7 Å². The van der Waals surface area contributed by atoms with E-state index < -0.39 is 12.0 Å². The number of aromatic nitrogens is 1. The number of carbonyl (C=O) groups is 1. The molecule has 0 fully saturated rings. The Morgan fingerprint density at radius 2 is 1.84 bits per heavy atom. The number of benzene rings is 2. The third kappa shape index (κ3) is 5.24. The zero-order chi connectivity index (χ0) is 27.4. The highest BCUT2D eigenvalue weighted by Gasteiger charge is 2.36. The Bertz CT molecular complexity index is 1530. The predicted octanol–water partition coefficient (Wildman–Crippen LogP) is 3.66. The molecule has 0 amide bonds. The van der Waals surface area contributed by atoms with Gasteiger partial charge in [-0.25, -0.2) is 9.79 Å². The van der Waals surface area contributed by atoms with Gasteiger partial charge in [-0.3, -0.25) is 9.36 Å². The average Bonchev–Trinajstić information content (AvgIpc) is 3.22. The molecule has 38 heavy (non-hydrogen) atoms. The summed E-state index contributed by atoms with van der Waals surface area (Å²) in [5.74, 6) is 0.619. The number of anilines is 1. The number of nitrogens with zero attached hydrogens (tertiary/aromatic N) is 3. The first-order chi connectivity index (χ1) is 18.3. The lowest BCUT2D eigenvalue weighted by molar-refractivity contribution is -0.139. The van der Waals surface area contributed by atoms with Crippen molar-refractivity contribution in [2.75, 3.05) is 39.8 Å². The highest BCUT2D eigenvalue weighted by atomic mass is 32.1. The number of thiazole rings is 1. The number of esters is 1. The number of carbonyl (C=O) groups excluding carboxylic acids is 1. The molecule has 3 aromatic rings. The van der Waals surface area contributed by atoms with Gasteiger partial charge in [0.25, 0.3) is 5.56 Å². The molecule has 9 heteroatoms. The second-order valence-electron chi connectivity index (χ2n) is 9.01. The minimum Gasteiger partial charge on any atom is -0.497 e. The van der Waals surface area contributed by atoms with E-state index in [4.69, 9.17) is 19.2 Å². The minimum absolute atomic E-state index is 0.205. The van der Waals surface area contributed by atoms with Crippen molar-refractivity contribution in [3.05, 3.63) is 84.5 Å². The van der Waals surface area contributed by atoms with Crippen molar-refractivity contribution in [2.24, 2.45) is 4.99 Å². The van der Waals surface area contributed by atoms with E-state index in [0.29, 0.717) is 44.1 Å². The van der Waals surface area contributed by atoms with Crippen LogP contribution in [0.25, 0.3) is 6.08 Å². The van der Waals surface area contributed by atoms with Gasteiger partial charge in [-0.1, -0.05) is 36.8 Å². The molecule has 4 rings (SSSR count). The number of ether oxygens (including phenoxy) is 3. The smallest absolute Gasteiger partial charge is 0.338 e. The van der Waals surface area contributed by atoms with Gasteiger partial charge in [-0.05, 0) is 55.3 Å². The van der Waals surface area contributed by atoms with E-state index in [1.807, 2.05) is 56.3 Å². The maximum Gasteiger partial charge on any atom is 0.338 e. The predicted molar refractivity (Wildman–Crippen MR) is 150 cm³/mol. The maximum atomic E-state index is 13.9.